The molecule has 0 saturated carbocycles. The Balaban J connectivity index is -0.000000218. The highest BCUT2D eigenvalue weighted by Gasteiger charge is 1.98. The molecule has 2 nitrogen and oxygen atoms in total. The lowest BCUT2D eigenvalue weighted by Crippen LogP contribution is -2.10. The number of hydrogen-bond donors (Lipinski definition) is 2. The Kier molecular flexibility index (Phi) is 32.5. The summed E-state index contributed by atoms with van der Waals surface area (Å²) in [5.74, 6) is 0. The first-order chi connectivity index (χ1) is 6.31. The van der Waals surface area contributed by atoms with E-state index in [-0.39, 0.29) is 6.61 Å². The molecule has 0 rings (SSSR count). The third-order valence-corrected chi connectivity index (χ3v) is 1.35. The van der Waals surface area contributed by atoms with E-state index in [2.05, 4.69) is 6.92 Å². The van der Waals surface area contributed by atoms with Crippen LogP contribution in [-0.2, 0) is 0 Å². The second-order valence-corrected chi connectivity index (χ2v) is 2.33. The van der Waals surface area contributed by atoms with Crippen LogP contribution in [0.2, 0.25) is 0 Å². The summed E-state index contributed by atoms with van der Waals surface area (Å²) in [5, 5.41) is 17.2. The second kappa shape index (κ2) is 22.7. The van der Waals surface area contributed by atoms with Crippen molar-refractivity contribution in [2.75, 3.05) is 6.61 Å². The summed E-state index contributed by atoms with van der Waals surface area (Å²) in [6.07, 6.45) is 3.59. The van der Waals surface area contributed by atoms with Crippen molar-refractivity contribution in [3.05, 3.63) is 0 Å². The molecule has 84 valence electrons. The van der Waals surface area contributed by atoms with Gasteiger partial charge in [0.15, 0.2) is 0 Å². The molecule has 0 fully saturated rings. The maximum Gasteiger partial charge on any atom is 0.0770 e. The summed E-state index contributed by atoms with van der Waals surface area (Å²) in [5.41, 5.74) is 0. The molecule has 0 aliphatic rings. The van der Waals surface area contributed by atoms with E-state index in [1.54, 1.807) is 0 Å². The van der Waals surface area contributed by atoms with Crippen LogP contribution in [0.5, 0.6) is 0 Å². The zero-order valence-electron chi connectivity index (χ0n) is 10.0. The highest BCUT2D eigenvalue weighted by atomic mass is 16.3. The van der Waals surface area contributed by atoms with E-state index in [1.807, 2.05) is 27.7 Å². The fraction of sp³-hybridized carbons (Fsp3) is 1.00. The van der Waals surface area contributed by atoms with Crippen LogP contribution in [0.3, 0.4) is 0 Å². The van der Waals surface area contributed by atoms with Gasteiger partial charge in [-0.3, -0.25) is 0 Å². The van der Waals surface area contributed by atoms with Crippen molar-refractivity contribution in [1.29, 1.82) is 0 Å². The van der Waals surface area contributed by atoms with Crippen molar-refractivity contribution >= 4 is 0 Å². The number of aliphatic hydroxyl groups is 2. The lowest BCUT2D eigenvalue weighted by atomic mass is 10.1. The smallest absolute Gasteiger partial charge is 0.0770 e. The van der Waals surface area contributed by atoms with Crippen LogP contribution >= 0.6 is 0 Å². The van der Waals surface area contributed by atoms with Gasteiger partial charge in [0.2, 0.25) is 0 Å². The first kappa shape index (κ1) is 18.7. The maximum atomic E-state index is 8.83. The van der Waals surface area contributed by atoms with Gasteiger partial charge in [-0.1, -0.05) is 53.9 Å². The normalized spacial score (nSPS) is 10.4. The number of rotatable bonds is 5. The summed E-state index contributed by atoms with van der Waals surface area (Å²) in [4.78, 5) is 0. The molecule has 0 saturated heterocycles. The van der Waals surface area contributed by atoms with Gasteiger partial charge in [-0.2, -0.15) is 0 Å². The van der Waals surface area contributed by atoms with E-state index in [0.29, 0.717) is 0 Å². The van der Waals surface area contributed by atoms with Crippen LogP contribution in [0.1, 0.15) is 60.3 Å². The molecular formula is C11H28O2. The van der Waals surface area contributed by atoms with E-state index in [0.717, 1.165) is 25.7 Å². The maximum absolute atomic E-state index is 8.83. The molecule has 0 radical (unpaired) electrons. The third kappa shape index (κ3) is 24.5. The van der Waals surface area contributed by atoms with Crippen molar-refractivity contribution in [3.8, 4) is 0 Å². The van der Waals surface area contributed by atoms with Crippen LogP contribution in [0.15, 0.2) is 0 Å². The summed E-state index contributed by atoms with van der Waals surface area (Å²) < 4.78 is 0. The monoisotopic (exact) mass is 192 g/mol. The van der Waals surface area contributed by atoms with Gasteiger partial charge in [-0.05, 0) is 6.42 Å². The Bertz CT molecular complexity index is 56.1. The highest BCUT2D eigenvalue weighted by molar-refractivity contribution is 4.51. The van der Waals surface area contributed by atoms with Crippen LogP contribution in [-0.4, -0.2) is 22.9 Å². The molecule has 0 amide bonds. The molecule has 1 unspecified atom stereocenters. The number of unbranched alkanes of at least 4 members (excludes halogenated alkanes) is 2. The van der Waals surface area contributed by atoms with E-state index in [9.17, 15) is 0 Å². The van der Waals surface area contributed by atoms with Gasteiger partial charge in [0.25, 0.3) is 0 Å². The summed E-state index contributed by atoms with van der Waals surface area (Å²) in [6, 6.07) is 0. The predicted molar refractivity (Wildman–Crippen MR) is 59.9 cm³/mol. The first-order valence-corrected chi connectivity index (χ1v) is 5.60. The molecular weight excluding hydrogens is 164 g/mol. The Morgan fingerprint density at radius 3 is 1.77 bits per heavy atom. The van der Waals surface area contributed by atoms with Crippen molar-refractivity contribution in [1.82, 2.24) is 0 Å². The summed E-state index contributed by atoms with van der Waals surface area (Å²) >= 11 is 0. The molecule has 0 aromatic carbocycles. The summed E-state index contributed by atoms with van der Waals surface area (Å²) in [7, 11) is 0. The Morgan fingerprint density at radius 2 is 1.46 bits per heavy atom. The topological polar surface area (TPSA) is 40.5 Å². The van der Waals surface area contributed by atoms with Crippen molar-refractivity contribution in [2.45, 2.75) is 66.4 Å². The van der Waals surface area contributed by atoms with Crippen LogP contribution in [0.4, 0.5) is 0 Å². The predicted octanol–water partition coefficient (Wildman–Crippen LogP) is 2.97. The second-order valence-electron chi connectivity index (χ2n) is 2.33. The van der Waals surface area contributed by atoms with Gasteiger partial charge < -0.3 is 10.2 Å². The molecule has 0 aromatic rings. The third-order valence-electron chi connectivity index (χ3n) is 1.35. The van der Waals surface area contributed by atoms with Crippen molar-refractivity contribution in [3.63, 3.8) is 0 Å². The molecule has 0 heterocycles. The largest absolute Gasteiger partial charge is 0.394 e. The minimum absolute atomic E-state index is 0.0935. The van der Waals surface area contributed by atoms with Crippen molar-refractivity contribution < 1.29 is 10.2 Å². The zero-order chi connectivity index (χ0) is 11.1. The highest BCUT2D eigenvalue weighted by Crippen LogP contribution is 2.01. The van der Waals surface area contributed by atoms with Gasteiger partial charge in [-0.15, -0.1) is 0 Å². The van der Waals surface area contributed by atoms with Crippen LogP contribution < -0.4 is 0 Å². The van der Waals surface area contributed by atoms with Gasteiger partial charge in [0, 0.05) is 0 Å². The Labute approximate surface area is 84.0 Å². The van der Waals surface area contributed by atoms with Gasteiger partial charge in [0.1, 0.15) is 0 Å². The summed E-state index contributed by atoms with van der Waals surface area (Å²) in [6.45, 7) is 10.0. The molecule has 0 aromatic heterocycles. The fourth-order valence-corrected chi connectivity index (χ4v) is 0.721. The molecule has 0 spiro atoms. The molecule has 0 bridgehead atoms. The van der Waals surface area contributed by atoms with E-state index < -0.39 is 6.10 Å². The quantitative estimate of drug-likeness (QED) is 0.657. The number of aliphatic hydroxyl groups excluding tert-OH is 2. The van der Waals surface area contributed by atoms with E-state index in [4.69, 9.17) is 10.2 Å². The number of hydrogen-bond acceptors (Lipinski definition) is 2. The van der Waals surface area contributed by atoms with Gasteiger partial charge >= 0.3 is 0 Å². The lowest BCUT2D eigenvalue weighted by Gasteiger charge is -2.04. The lowest BCUT2D eigenvalue weighted by molar-refractivity contribution is 0.0861. The SMILES string of the molecule is CC.CC.CCCCCC(O)CO. The average molecular weight is 192 g/mol. The van der Waals surface area contributed by atoms with E-state index >= 15 is 0 Å². The van der Waals surface area contributed by atoms with Gasteiger partial charge in [0.05, 0.1) is 12.7 Å². The average Bonchev–Trinajstić information content (AvgIpc) is 2.24. The molecule has 0 aliphatic carbocycles. The molecule has 2 N–H and O–H groups in total. The molecule has 1 atom stereocenters. The zero-order valence-corrected chi connectivity index (χ0v) is 10.0. The van der Waals surface area contributed by atoms with Gasteiger partial charge in [-0.25, -0.2) is 0 Å². The van der Waals surface area contributed by atoms with Crippen molar-refractivity contribution in [2.24, 2.45) is 0 Å². The molecule has 2 heteroatoms. The standard InChI is InChI=1S/C7H16O2.2C2H6/c1-2-3-4-5-7(9)6-8;2*1-2/h7-9H,2-6H2,1H3;2*1-2H3. The van der Waals surface area contributed by atoms with Crippen LogP contribution in [0, 0.1) is 0 Å². The minimum Gasteiger partial charge on any atom is -0.394 e. The Hall–Kier alpha value is -0.0800. The fourth-order valence-electron chi connectivity index (χ4n) is 0.721. The Morgan fingerprint density at radius 1 is 1.00 bits per heavy atom. The minimum atomic E-state index is -0.489. The van der Waals surface area contributed by atoms with E-state index in [1.165, 1.54) is 0 Å². The first-order valence-electron chi connectivity index (χ1n) is 5.60. The molecule has 13 heavy (non-hydrogen) atoms. The molecule has 0 aliphatic heterocycles. The van der Waals surface area contributed by atoms with Crippen LogP contribution in [0.25, 0.3) is 0 Å².